The highest BCUT2D eigenvalue weighted by Crippen LogP contribution is 2.31. The first-order valence-corrected chi connectivity index (χ1v) is 11.9. The molecule has 0 radical (unpaired) electrons. The van der Waals surface area contributed by atoms with Crippen molar-refractivity contribution in [2.24, 2.45) is 4.99 Å². The van der Waals surface area contributed by atoms with Gasteiger partial charge < -0.3 is 4.90 Å². The van der Waals surface area contributed by atoms with Crippen LogP contribution in [0.5, 0.6) is 0 Å². The standard InChI is InChI=1S/C26H31F2N5O2/c1-19-6-3-4-7-24(19)31-14-12-30(13-15-31)10-5-11-32(18-34)33-25(16-20(2)29-26(33)35)21-8-9-22(27)23(28)17-21/h3-4,6-9,17-18,25H,5,10-16H2,1-2H3. The van der Waals surface area contributed by atoms with Gasteiger partial charge in [-0.05, 0) is 49.6 Å². The highest BCUT2D eigenvalue weighted by atomic mass is 19.2. The van der Waals surface area contributed by atoms with Crippen LogP contribution in [0, 0.1) is 18.6 Å². The maximum Gasteiger partial charge on any atom is 0.362 e. The molecule has 2 aliphatic rings. The van der Waals surface area contributed by atoms with Crippen molar-refractivity contribution in [1.82, 2.24) is 14.9 Å². The topological polar surface area (TPSA) is 59.5 Å². The largest absolute Gasteiger partial charge is 0.369 e. The molecule has 1 saturated heterocycles. The lowest BCUT2D eigenvalue weighted by molar-refractivity contribution is -0.133. The number of hydrogen-bond donors (Lipinski definition) is 0. The van der Waals surface area contributed by atoms with E-state index in [0.717, 1.165) is 44.9 Å². The molecule has 2 aromatic rings. The number of carbonyl (C=O) groups is 2. The molecule has 7 nitrogen and oxygen atoms in total. The number of para-hydroxylation sites is 1. The third kappa shape index (κ3) is 5.67. The molecule has 0 N–H and O–H groups in total. The van der Waals surface area contributed by atoms with E-state index in [4.69, 9.17) is 0 Å². The SMILES string of the molecule is CC1=NC(=O)N(N(C=O)CCCN2CCN(c3ccccc3C)CC2)C(c2ccc(F)c(F)c2)C1. The molecule has 4 rings (SSSR count). The lowest BCUT2D eigenvalue weighted by atomic mass is 9.99. The monoisotopic (exact) mass is 483 g/mol. The van der Waals surface area contributed by atoms with Gasteiger partial charge >= 0.3 is 6.03 Å². The maximum atomic E-state index is 13.9. The van der Waals surface area contributed by atoms with Crippen LogP contribution in [-0.4, -0.2) is 72.3 Å². The Morgan fingerprint density at radius 1 is 1.06 bits per heavy atom. The second-order valence-electron chi connectivity index (χ2n) is 9.10. The fourth-order valence-corrected chi connectivity index (χ4v) is 4.83. The maximum absolute atomic E-state index is 13.9. The Morgan fingerprint density at radius 3 is 2.49 bits per heavy atom. The average molecular weight is 484 g/mol. The third-order valence-electron chi connectivity index (χ3n) is 6.68. The first-order valence-electron chi connectivity index (χ1n) is 11.9. The van der Waals surface area contributed by atoms with E-state index in [2.05, 4.69) is 39.9 Å². The van der Waals surface area contributed by atoms with Gasteiger partial charge in [-0.25, -0.2) is 23.6 Å². The molecule has 9 heteroatoms. The Balaban J connectivity index is 1.36. The second-order valence-corrected chi connectivity index (χ2v) is 9.10. The zero-order valence-electron chi connectivity index (χ0n) is 20.2. The molecule has 0 saturated carbocycles. The molecule has 3 amide bonds. The van der Waals surface area contributed by atoms with Crippen molar-refractivity contribution in [3.05, 3.63) is 65.2 Å². The summed E-state index contributed by atoms with van der Waals surface area (Å²) in [6.07, 6.45) is 1.61. The molecule has 0 bridgehead atoms. The number of piperazine rings is 1. The summed E-state index contributed by atoms with van der Waals surface area (Å²) in [5.41, 5.74) is 3.54. The van der Waals surface area contributed by atoms with Crippen LogP contribution in [0.3, 0.4) is 0 Å². The molecule has 2 aromatic carbocycles. The smallest absolute Gasteiger partial charge is 0.362 e. The van der Waals surface area contributed by atoms with E-state index in [1.54, 1.807) is 6.92 Å². The van der Waals surface area contributed by atoms with Gasteiger partial charge in [-0.15, -0.1) is 0 Å². The van der Waals surface area contributed by atoms with Crippen LogP contribution in [0.25, 0.3) is 0 Å². The Labute approximate surface area is 204 Å². The lowest BCUT2D eigenvalue weighted by Crippen LogP contribution is -2.51. The highest BCUT2D eigenvalue weighted by molar-refractivity contribution is 5.96. The zero-order valence-corrected chi connectivity index (χ0v) is 20.2. The van der Waals surface area contributed by atoms with Crippen LogP contribution in [-0.2, 0) is 4.79 Å². The summed E-state index contributed by atoms with van der Waals surface area (Å²) in [7, 11) is 0. The predicted octanol–water partition coefficient (Wildman–Crippen LogP) is 4.19. The van der Waals surface area contributed by atoms with Crippen LogP contribution in [0.2, 0.25) is 0 Å². The van der Waals surface area contributed by atoms with E-state index < -0.39 is 23.7 Å². The number of benzene rings is 2. The summed E-state index contributed by atoms with van der Waals surface area (Å²) in [5, 5.41) is 2.58. The van der Waals surface area contributed by atoms with E-state index in [-0.39, 0.29) is 0 Å². The summed E-state index contributed by atoms with van der Waals surface area (Å²) in [6, 6.07) is 10.7. The first kappa shape index (κ1) is 24.8. The van der Waals surface area contributed by atoms with Crippen molar-refractivity contribution < 1.29 is 18.4 Å². The van der Waals surface area contributed by atoms with E-state index in [0.29, 0.717) is 37.1 Å². The predicted molar refractivity (Wildman–Crippen MR) is 131 cm³/mol. The number of urea groups is 1. The Kier molecular flexibility index (Phi) is 7.75. The molecular formula is C26H31F2N5O2. The molecule has 1 fully saturated rings. The van der Waals surface area contributed by atoms with Gasteiger partial charge in [0.05, 0.1) is 6.04 Å². The number of amides is 3. The molecule has 1 atom stereocenters. The molecule has 0 spiro atoms. The zero-order chi connectivity index (χ0) is 24.9. The van der Waals surface area contributed by atoms with Gasteiger partial charge in [-0.2, -0.15) is 0 Å². The van der Waals surface area contributed by atoms with Crippen LogP contribution < -0.4 is 4.90 Å². The molecule has 186 valence electrons. The number of anilines is 1. The number of hydrazine groups is 1. The lowest BCUT2D eigenvalue weighted by Gasteiger charge is -2.40. The van der Waals surface area contributed by atoms with Crippen LogP contribution in [0.1, 0.15) is 36.9 Å². The van der Waals surface area contributed by atoms with E-state index >= 15 is 0 Å². The summed E-state index contributed by atoms with van der Waals surface area (Å²) in [4.78, 5) is 33.5. The first-order chi connectivity index (χ1) is 16.9. The summed E-state index contributed by atoms with van der Waals surface area (Å²) in [5.74, 6) is -1.94. The van der Waals surface area contributed by atoms with E-state index in [1.165, 1.54) is 27.3 Å². The molecule has 1 unspecified atom stereocenters. The van der Waals surface area contributed by atoms with Crippen molar-refractivity contribution in [3.8, 4) is 0 Å². The number of aliphatic imine (C=N–C) groups is 1. The summed E-state index contributed by atoms with van der Waals surface area (Å²) in [6.45, 7) is 8.63. The summed E-state index contributed by atoms with van der Waals surface area (Å²) < 4.78 is 27.4. The van der Waals surface area contributed by atoms with Gasteiger partial charge in [-0.1, -0.05) is 24.3 Å². The number of hydrogen-bond acceptors (Lipinski definition) is 4. The van der Waals surface area contributed by atoms with Crippen molar-refractivity contribution >= 4 is 23.8 Å². The molecule has 2 aliphatic heterocycles. The molecular weight excluding hydrogens is 452 g/mol. The molecule has 0 aliphatic carbocycles. The Morgan fingerprint density at radius 2 is 1.80 bits per heavy atom. The third-order valence-corrected chi connectivity index (χ3v) is 6.68. The molecule has 2 heterocycles. The molecule has 0 aromatic heterocycles. The van der Waals surface area contributed by atoms with Gasteiger partial charge in [0, 0.05) is 57.1 Å². The van der Waals surface area contributed by atoms with E-state index in [9.17, 15) is 18.4 Å². The van der Waals surface area contributed by atoms with Crippen molar-refractivity contribution in [3.63, 3.8) is 0 Å². The highest BCUT2D eigenvalue weighted by Gasteiger charge is 2.34. The number of halogens is 2. The quantitative estimate of drug-likeness (QED) is 0.529. The van der Waals surface area contributed by atoms with Gasteiger partial charge in [0.15, 0.2) is 11.6 Å². The minimum Gasteiger partial charge on any atom is -0.369 e. The van der Waals surface area contributed by atoms with Crippen LogP contribution in [0.4, 0.5) is 19.3 Å². The van der Waals surface area contributed by atoms with Crippen molar-refractivity contribution in [1.29, 1.82) is 0 Å². The minimum atomic E-state index is -0.988. The van der Waals surface area contributed by atoms with Gasteiger partial charge in [0.2, 0.25) is 6.41 Å². The fraction of sp³-hybridized carbons (Fsp3) is 0.423. The van der Waals surface area contributed by atoms with Gasteiger partial charge in [0.1, 0.15) is 0 Å². The number of nitrogens with zero attached hydrogens (tertiary/aromatic N) is 5. The van der Waals surface area contributed by atoms with Gasteiger partial charge in [-0.3, -0.25) is 14.7 Å². The normalized spacial score (nSPS) is 19.0. The van der Waals surface area contributed by atoms with E-state index in [1.807, 2.05) is 6.07 Å². The minimum absolute atomic E-state index is 0.321. The molecule has 35 heavy (non-hydrogen) atoms. The average Bonchev–Trinajstić information content (AvgIpc) is 2.84. The van der Waals surface area contributed by atoms with Crippen molar-refractivity contribution in [2.45, 2.75) is 32.7 Å². The number of aryl methyl sites for hydroxylation is 1. The number of carbonyl (C=O) groups excluding carboxylic acids is 2. The van der Waals surface area contributed by atoms with Crippen LogP contribution >= 0.6 is 0 Å². The Bertz CT molecular complexity index is 1100. The number of rotatable bonds is 8. The van der Waals surface area contributed by atoms with Crippen molar-refractivity contribution in [2.75, 3.05) is 44.2 Å². The summed E-state index contributed by atoms with van der Waals surface area (Å²) >= 11 is 0. The van der Waals surface area contributed by atoms with Crippen LogP contribution in [0.15, 0.2) is 47.5 Å². The Hall–Kier alpha value is -3.33. The fourth-order valence-electron chi connectivity index (χ4n) is 4.83. The van der Waals surface area contributed by atoms with Gasteiger partial charge in [0.25, 0.3) is 0 Å². The second kappa shape index (κ2) is 10.9.